The van der Waals surface area contributed by atoms with Crippen molar-refractivity contribution in [3.05, 3.63) is 34.9 Å². The molecule has 0 bridgehead atoms. The number of hydrogen-bond acceptors (Lipinski definition) is 2. The van der Waals surface area contributed by atoms with Gasteiger partial charge in [-0.05, 0) is 50.7 Å². The van der Waals surface area contributed by atoms with Crippen LogP contribution in [0.25, 0.3) is 0 Å². The topological polar surface area (TPSA) is 65.5 Å². The van der Waals surface area contributed by atoms with E-state index in [1.807, 2.05) is 6.07 Å². The Balaban J connectivity index is 0.00000338. The second kappa shape index (κ2) is 12.4. The van der Waals surface area contributed by atoms with Crippen molar-refractivity contribution in [2.45, 2.75) is 45.6 Å². The van der Waals surface area contributed by atoms with Gasteiger partial charge in [-0.2, -0.15) is 0 Å². The van der Waals surface area contributed by atoms with Crippen LogP contribution in [0.15, 0.2) is 29.3 Å². The molecule has 5 nitrogen and oxygen atoms in total. The normalized spacial score (nSPS) is 20.0. The summed E-state index contributed by atoms with van der Waals surface area (Å²) < 4.78 is 0. The lowest BCUT2D eigenvalue weighted by Crippen LogP contribution is -2.45. The molecule has 0 aliphatic heterocycles. The fraction of sp³-hybridized carbons (Fsp3) is 0.579. The molecule has 0 spiro atoms. The minimum Gasteiger partial charge on any atom is -0.357 e. The predicted molar refractivity (Wildman–Crippen MR) is 120 cm³/mol. The lowest BCUT2D eigenvalue weighted by atomic mass is 9.87. The summed E-state index contributed by atoms with van der Waals surface area (Å²) in [6.07, 6.45) is 4.92. The molecule has 146 valence electrons. The summed E-state index contributed by atoms with van der Waals surface area (Å²) in [5.74, 6) is 1.49. The summed E-state index contributed by atoms with van der Waals surface area (Å²) in [5, 5.41) is 10.1. The van der Waals surface area contributed by atoms with Crippen LogP contribution >= 0.6 is 35.6 Å². The largest absolute Gasteiger partial charge is 0.357 e. The van der Waals surface area contributed by atoms with Crippen molar-refractivity contribution in [1.29, 1.82) is 0 Å². The molecule has 0 atom stereocenters. The van der Waals surface area contributed by atoms with Crippen LogP contribution in [0, 0.1) is 5.92 Å². The maximum atomic E-state index is 12.1. The molecular weight excluding hydrogens is 463 g/mol. The number of aliphatic imine (C=N–C) groups is 1. The van der Waals surface area contributed by atoms with Crippen molar-refractivity contribution in [1.82, 2.24) is 16.0 Å². The molecule has 0 aromatic heterocycles. The zero-order valence-electron chi connectivity index (χ0n) is 15.6. The second-order valence-electron chi connectivity index (χ2n) is 6.60. The van der Waals surface area contributed by atoms with Crippen molar-refractivity contribution in [3.8, 4) is 0 Å². The van der Waals surface area contributed by atoms with Crippen LogP contribution in [0.3, 0.4) is 0 Å². The van der Waals surface area contributed by atoms with Crippen LogP contribution in [-0.2, 0) is 0 Å². The zero-order valence-corrected chi connectivity index (χ0v) is 18.6. The number of halogens is 2. The van der Waals surface area contributed by atoms with Gasteiger partial charge in [0.15, 0.2) is 5.96 Å². The van der Waals surface area contributed by atoms with Crippen LogP contribution in [0.1, 0.15) is 49.9 Å². The minimum absolute atomic E-state index is 0. The molecule has 0 unspecified atom stereocenters. The van der Waals surface area contributed by atoms with E-state index in [0.717, 1.165) is 18.4 Å². The number of rotatable bonds is 6. The maximum Gasteiger partial charge on any atom is 0.252 e. The van der Waals surface area contributed by atoms with E-state index in [4.69, 9.17) is 11.6 Å². The van der Waals surface area contributed by atoms with E-state index in [1.165, 1.54) is 25.7 Å². The molecule has 7 heteroatoms. The van der Waals surface area contributed by atoms with Crippen LogP contribution in [0.5, 0.6) is 0 Å². The molecule has 1 saturated carbocycles. The molecule has 1 aliphatic carbocycles. The highest BCUT2D eigenvalue weighted by molar-refractivity contribution is 14.0. The standard InChI is InChI=1S/C19H29ClN4O.HI/c1-3-21-19(24-15-10-8-14(2)9-11-15)23-13-12-22-18(25)16-6-4-5-7-17(16)20;/h4-7,14-15H,3,8-13H2,1-2H3,(H,22,25)(H2,21,23,24);1H. The summed E-state index contributed by atoms with van der Waals surface area (Å²) >= 11 is 6.03. The molecule has 1 aromatic rings. The molecule has 1 aliphatic rings. The Kier molecular flexibility index (Phi) is 11.0. The first kappa shape index (κ1) is 23.0. The maximum absolute atomic E-state index is 12.1. The van der Waals surface area contributed by atoms with Crippen molar-refractivity contribution in [3.63, 3.8) is 0 Å². The van der Waals surface area contributed by atoms with Crippen LogP contribution in [0.2, 0.25) is 5.02 Å². The van der Waals surface area contributed by atoms with Gasteiger partial charge in [0.05, 0.1) is 17.1 Å². The van der Waals surface area contributed by atoms with Crippen molar-refractivity contribution in [2.75, 3.05) is 19.6 Å². The summed E-state index contributed by atoms with van der Waals surface area (Å²) in [7, 11) is 0. The number of carbonyl (C=O) groups excluding carboxylic acids is 1. The fourth-order valence-corrected chi connectivity index (χ4v) is 3.22. The molecule has 0 saturated heterocycles. The number of hydrogen-bond donors (Lipinski definition) is 3. The molecule has 3 N–H and O–H groups in total. The molecular formula is C19H30ClIN4O. The van der Waals surface area contributed by atoms with E-state index >= 15 is 0 Å². The first-order valence-corrected chi connectivity index (χ1v) is 9.55. The average molecular weight is 493 g/mol. The van der Waals surface area contributed by atoms with Crippen LogP contribution < -0.4 is 16.0 Å². The molecule has 2 rings (SSSR count). The molecule has 1 amide bonds. The number of guanidine groups is 1. The highest BCUT2D eigenvalue weighted by Gasteiger charge is 2.18. The van der Waals surface area contributed by atoms with Gasteiger partial charge in [0, 0.05) is 19.1 Å². The van der Waals surface area contributed by atoms with Gasteiger partial charge in [0.2, 0.25) is 0 Å². The van der Waals surface area contributed by atoms with Gasteiger partial charge in [0.1, 0.15) is 0 Å². The fourth-order valence-electron chi connectivity index (χ4n) is 3.00. The number of nitrogens with one attached hydrogen (secondary N) is 3. The van der Waals surface area contributed by atoms with E-state index in [-0.39, 0.29) is 29.9 Å². The Morgan fingerprint density at radius 2 is 1.88 bits per heavy atom. The smallest absolute Gasteiger partial charge is 0.252 e. The molecule has 26 heavy (non-hydrogen) atoms. The van der Waals surface area contributed by atoms with Gasteiger partial charge >= 0.3 is 0 Å². The predicted octanol–water partition coefficient (Wildman–Crippen LogP) is 3.82. The third-order valence-electron chi connectivity index (χ3n) is 4.49. The third-order valence-corrected chi connectivity index (χ3v) is 4.82. The number of nitrogens with zero attached hydrogens (tertiary/aromatic N) is 1. The first-order valence-electron chi connectivity index (χ1n) is 9.17. The Hall–Kier alpha value is -1.02. The van der Waals surface area contributed by atoms with E-state index in [9.17, 15) is 4.79 Å². The summed E-state index contributed by atoms with van der Waals surface area (Å²) in [4.78, 5) is 16.7. The van der Waals surface area contributed by atoms with E-state index in [0.29, 0.717) is 29.7 Å². The van der Waals surface area contributed by atoms with Gasteiger partial charge in [-0.15, -0.1) is 24.0 Å². The number of carbonyl (C=O) groups is 1. The highest BCUT2D eigenvalue weighted by atomic mass is 127. The quantitative estimate of drug-likeness (QED) is 0.245. The van der Waals surface area contributed by atoms with Gasteiger partial charge in [-0.3, -0.25) is 9.79 Å². The summed E-state index contributed by atoms with van der Waals surface area (Å²) in [5.41, 5.74) is 0.495. The molecule has 0 radical (unpaired) electrons. The van der Waals surface area contributed by atoms with Crippen molar-refractivity contribution >= 4 is 47.4 Å². The van der Waals surface area contributed by atoms with Crippen LogP contribution in [0.4, 0.5) is 0 Å². The minimum atomic E-state index is -0.167. The summed E-state index contributed by atoms with van der Waals surface area (Å²) in [6, 6.07) is 7.54. The number of amides is 1. The van der Waals surface area contributed by atoms with E-state index in [1.54, 1.807) is 18.2 Å². The SMILES string of the molecule is CCNC(=NCCNC(=O)c1ccccc1Cl)NC1CCC(C)CC1.I. The Morgan fingerprint density at radius 3 is 2.54 bits per heavy atom. The Labute approximate surface area is 178 Å². The third kappa shape index (κ3) is 7.70. The highest BCUT2D eigenvalue weighted by Crippen LogP contribution is 2.23. The monoisotopic (exact) mass is 492 g/mol. The average Bonchev–Trinajstić information content (AvgIpc) is 2.61. The van der Waals surface area contributed by atoms with Crippen molar-refractivity contribution in [2.24, 2.45) is 10.9 Å². The zero-order chi connectivity index (χ0) is 18.1. The van der Waals surface area contributed by atoms with E-state index < -0.39 is 0 Å². The van der Waals surface area contributed by atoms with E-state index in [2.05, 4.69) is 34.8 Å². The number of benzene rings is 1. The molecule has 1 aromatic carbocycles. The van der Waals surface area contributed by atoms with Gasteiger partial charge < -0.3 is 16.0 Å². The van der Waals surface area contributed by atoms with Gasteiger partial charge in [-0.1, -0.05) is 30.7 Å². The summed E-state index contributed by atoms with van der Waals surface area (Å²) in [6.45, 7) is 6.19. The van der Waals surface area contributed by atoms with Gasteiger partial charge in [0.25, 0.3) is 5.91 Å². The van der Waals surface area contributed by atoms with Crippen LogP contribution in [-0.4, -0.2) is 37.5 Å². The molecule has 1 fully saturated rings. The Morgan fingerprint density at radius 1 is 1.19 bits per heavy atom. The second-order valence-corrected chi connectivity index (χ2v) is 7.00. The first-order chi connectivity index (χ1) is 12.1. The molecule has 0 heterocycles. The Bertz CT molecular complexity index is 589. The lowest BCUT2D eigenvalue weighted by Gasteiger charge is -2.28. The lowest BCUT2D eigenvalue weighted by molar-refractivity contribution is 0.0955. The van der Waals surface area contributed by atoms with Crippen molar-refractivity contribution < 1.29 is 4.79 Å². The van der Waals surface area contributed by atoms with Gasteiger partial charge in [-0.25, -0.2) is 0 Å².